The maximum absolute atomic E-state index is 11.3. The summed E-state index contributed by atoms with van der Waals surface area (Å²) in [5.74, 6) is -0.163. The molecular formula is C12H10O3. The largest absolute Gasteiger partial charge is 0.507 e. The van der Waals surface area contributed by atoms with Crippen molar-refractivity contribution in [3.8, 4) is 5.75 Å². The molecule has 0 aliphatic heterocycles. The fourth-order valence-electron chi connectivity index (χ4n) is 1.51. The summed E-state index contributed by atoms with van der Waals surface area (Å²) in [5, 5.41) is 11.1. The van der Waals surface area contributed by atoms with Gasteiger partial charge >= 0.3 is 5.97 Å². The van der Waals surface area contributed by atoms with Crippen LogP contribution in [0.1, 0.15) is 10.4 Å². The quantitative estimate of drug-likeness (QED) is 0.722. The van der Waals surface area contributed by atoms with Crippen LogP contribution >= 0.6 is 0 Å². The first kappa shape index (κ1) is 9.52. The van der Waals surface area contributed by atoms with Crippen LogP contribution in [0.5, 0.6) is 5.75 Å². The van der Waals surface area contributed by atoms with E-state index in [0.717, 1.165) is 10.8 Å². The summed E-state index contributed by atoms with van der Waals surface area (Å²) in [6.07, 6.45) is 0. The van der Waals surface area contributed by atoms with E-state index < -0.39 is 0 Å². The molecule has 3 heteroatoms. The summed E-state index contributed by atoms with van der Waals surface area (Å²) in [6.45, 7) is 0. The number of methoxy groups -OCH3 is 1. The molecule has 0 saturated carbocycles. The van der Waals surface area contributed by atoms with Crippen molar-refractivity contribution in [2.45, 2.75) is 0 Å². The summed E-state index contributed by atoms with van der Waals surface area (Å²) < 4.78 is 4.61. The number of ether oxygens (including phenoxy) is 1. The fraction of sp³-hybridized carbons (Fsp3) is 0.0833. The highest BCUT2D eigenvalue weighted by Crippen LogP contribution is 2.25. The molecule has 2 rings (SSSR count). The average molecular weight is 202 g/mol. The van der Waals surface area contributed by atoms with Gasteiger partial charge in [-0.1, -0.05) is 12.1 Å². The van der Waals surface area contributed by atoms with E-state index in [1.54, 1.807) is 30.3 Å². The van der Waals surface area contributed by atoms with E-state index in [1.165, 1.54) is 7.11 Å². The second kappa shape index (κ2) is 3.61. The van der Waals surface area contributed by atoms with Gasteiger partial charge in [0.2, 0.25) is 0 Å². The number of benzene rings is 2. The van der Waals surface area contributed by atoms with Crippen molar-refractivity contribution in [2.24, 2.45) is 0 Å². The number of aromatic hydroxyl groups is 1. The Bertz CT molecular complexity index is 517. The molecule has 0 aliphatic carbocycles. The number of carbonyl (C=O) groups excluding carboxylic acids is 1. The highest BCUT2D eigenvalue weighted by atomic mass is 16.5. The number of fused-ring (bicyclic) bond motifs is 1. The minimum Gasteiger partial charge on any atom is -0.507 e. The zero-order valence-corrected chi connectivity index (χ0v) is 8.23. The number of phenolic OH excluding ortho intramolecular Hbond substituents is 1. The summed E-state index contributed by atoms with van der Waals surface area (Å²) >= 11 is 0. The van der Waals surface area contributed by atoms with Gasteiger partial charge in [-0.05, 0) is 29.7 Å². The molecule has 0 bridgehead atoms. The number of hydrogen-bond donors (Lipinski definition) is 1. The van der Waals surface area contributed by atoms with Crippen LogP contribution in [0.25, 0.3) is 10.8 Å². The van der Waals surface area contributed by atoms with Gasteiger partial charge in [0.25, 0.3) is 0 Å². The first-order valence-corrected chi connectivity index (χ1v) is 4.52. The Balaban J connectivity index is 2.62. The van der Waals surface area contributed by atoms with Crippen LogP contribution in [0, 0.1) is 0 Å². The molecule has 15 heavy (non-hydrogen) atoms. The summed E-state index contributed by atoms with van der Waals surface area (Å²) in [7, 11) is 1.34. The Kier molecular flexibility index (Phi) is 2.29. The average Bonchev–Trinajstić information content (AvgIpc) is 2.28. The van der Waals surface area contributed by atoms with Gasteiger partial charge in [-0.15, -0.1) is 0 Å². The maximum atomic E-state index is 11.3. The van der Waals surface area contributed by atoms with Gasteiger partial charge < -0.3 is 9.84 Å². The SMILES string of the molecule is COC(=O)c1ccc2c(O)cccc2c1. The van der Waals surface area contributed by atoms with Crippen molar-refractivity contribution >= 4 is 16.7 Å². The van der Waals surface area contributed by atoms with E-state index in [0.29, 0.717) is 5.56 Å². The van der Waals surface area contributed by atoms with Gasteiger partial charge in [-0.25, -0.2) is 4.79 Å². The number of rotatable bonds is 1. The molecule has 0 spiro atoms. The predicted molar refractivity (Wildman–Crippen MR) is 57.0 cm³/mol. The molecule has 0 heterocycles. The van der Waals surface area contributed by atoms with Crippen LogP contribution in [-0.4, -0.2) is 18.2 Å². The highest BCUT2D eigenvalue weighted by Gasteiger charge is 2.06. The molecule has 0 aromatic heterocycles. The minimum atomic E-state index is -0.375. The minimum absolute atomic E-state index is 0.212. The molecule has 0 aliphatic rings. The van der Waals surface area contributed by atoms with Crippen LogP contribution in [-0.2, 0) is 4.74 Å². The van der Waals surface area contributed by atoms with Gasteiger partial charge in [-0.3, -0.25) is 0 Å². The molecular weight excluding hydrogens is 192 g/mol. The van der Waals surface area contributed by atoms with Crippen LogP contribution in [0.4, 0.5) is 0 Å². The van der Waals surface area contributed by atoms with E-state index in [9.17, 15) is 9.90 Å². The van der Waals surface area contributed by atoms with Crippen molar-refractivity contribution in [1.82, 2.24) is 0 Å². The van der Waals surface area contributed by atoms with Crippen LogP contribution in [0.2, 0.25) is 0 Å². The van der Waals surface area contributed by atoms with Gasteiger partial charge in [0.05, 0.1) is 12.7 Å². The van der Waals surface area contributed by atoms with Crippen LogP contribution in [0.3, 0.4) is 0 Å². The molecule has 3 nitrogen and oxygen atoms in total. The molecule has 76 valence electrons. The Hall–Kier alpha value is -2.03. The first-order chi connectivity index (χ1) is 7.22. The third-order valence-electron chi connectivity index (χ3n) is 2.28. The van der Waals surface area contributed by atoms with E-state index in [1.807, 2.05) is 6.07 Å². The maximum Gasteiger partial charge on any atom is 0.337 e. The van der Waals surface area contributed by atoms with E-state index >= 15 is 0 Å². The van der Waals surface area contributed by atoms with E-state index in [4.69, 9.17) is 0 Å². The zero-order chi connectivity index (χ0) is 10.8. The summed E-state index contributed by atoms with van der Waals surface area (Å²) in [5.41, 5.74) is 0.482. The standard InChI is InChI=1S/C12H10O3/c1-15-12(14)9-5-6-10-8(7-9)3-2-4-11(10)13/h2-7,13H,1H3. The Morgan fingerprint density at radius 2 is 2.07 bits per heavy atom. The van der Waals surface area contributed by atoms with Crippen LogP contribution < -0.4 is 0 Å². The molecule has 2 aromatic rings. The third kappa shape index (κ3) is 1.64. The molecule has 0 amide bonds. The molecule has 1 N–H and O–H groups in total. The Labute approximate surface area is 86.9 Å². The Morgan fingerprint density at radius 3 is 2.80 bits per heavy atom. The number of carbonyl (C=O) groups is 1. The number of phenols is 1. The van der Waals surface area contributed by atoms with Crippen molar-refractivity contribution in [2.75, 3.05) is 7.11 Å². The number of esters is 1. The second-order valence-electron chi connectivity index (χ2n) is 3.20. The van der Waals surface area contributed by atoms with Crippen molar-refractivity contribution < 1.29 is 14.6 Å². The Morgan fingerprint density at radius 1 is 1.27 bits per heavy atom. The molecule has 0 atom stereocenters. The number of hydrogen-bond acceptors (Lipinski definition) is 3. The van der Waals surface area contributed by atoms with Crippen molar-refractivity contribution in [1.29, 1.82) is 0 Å². The lowest BCUT2D eigenvalue weighted by Crippen LogP contribution is -2.00. The predicted octanol–water partition coefficient (Wildman–Crippen LogP) is 2.33. The topological polar surface area (TPSA) is 46.5 Å². The second-order valence-corrected chi connectivity index (χ2v) is 3.20. The fourth-order valence-corrected chi connectivity index (χ4v) is 1.51. The van der Waals surface area contributed by atoms with Gasteiger partial charge in [-0.2, -0.15) is 0 Å². The van der Waals surface area contributed by atoms with E-state index in [-0.39, 0.29) is 11.7 Å². The highest BCUT2D eigenvalue weighted by molar-refractivity contribution is 5.97. The lowest BCUT2D eigenvalue weighted by molar-refractivity contribution is 0.0601. The lowest BCUT2D eigenvalue weighted by Gasteiger charge is -2.03. The molecule has 0 fully saturated rings. The molecule has 0 saturated heterocycles. The van der Waals surface area contributed by atoms with Gasteiger partial charge in [0, 0.05) is 5.39 Å². The van der Waals surface area contributed by atoms with E-state index in [2.05, 4.69) is 4.74 Å². The van der Waals surface area contributed by atoms with Crippen LogP contribution in [0.15, 0.2) is 36.4 Å². The first-order valence-electron chi connectivity index (χ1n) is 4.52. The van der Waals surface area contributed by atoms with Crippen molar-refractivity contribution in [3.05, 3.63) is 42.0 Å². The lowest BCUT2D eigenvalue weighted by atomic mass is 10.1. The summed E-state index contributed by atoms with van der Waals surface area (Å²) in [4.78, 5) is 11.3. The summed E-state index contributed by atoms with van der Waals surface area (Å²) in [6, 6.07) is 10.2. The van der Waals surface area contributed by atoms with Gasteiger partial charge in [0.1, 0.15) is 5.75 Å². The normalized spacial score (nSPS) is 10.2. The van der Waals surface area contributed by atoms with Gasteiger partial charge in [0.15, 0.2) is 0 Å². The monoisotopic (exact) mass is 202 g/mol. The molecule has 2 aromatic carbocycles. The van der Waals surface area contributed by atoms with Crippen molar-refractivity contribution in [3.63, 3.8) is 0 Å². The molecule has 0 unspecified atom stereocenters. The molecule has 0 radical (unpaired) electrons. The smallest absolute Gasteiger partial charge is 0.337 e. The zero-order valence-electron chi connectivity index (χ0n) is 8.23. The third-order valence-corrected chi connectivity index (χ3v) is 2.28.